The molecule has 10 aromatic carbocycles. The lowest BCUT2D eigenvalue weighted by Gasteiger charge is -2.58. The van der Waals surface area contributed by atoms with Gasteiger partial charge in [0.15, 0.2) is 11.2 Å². The van der Waals surface area contributed by atoms with Crippen LogP contribution in [0.15, 0.2) is 206 Å². The fourth-order valence-electron chi connectivity index (χ4n) is 19.5. The van der Waals surface area contributed by atoms with Crippen molar-refractivity contribution < 1.29 is 18.9 Å². The van der Waals surface area contributed by atoms with E-state index in [1.807, 2.05) is 11.8 Å². The third-order valence-electron chi connectivity index (χ3n) is 24.1. The molecule has 1 saturated carbocycles. The largest absolute Gasteiger partial charge is 0.497 e. The molecule has 2 saturated heterocycles. The van der Waals surface area contributed by atoms with Crippen molar-refractivity contribution in [3.63, 3.8) is 0 Å². The van der Waals surface area contributed by atoms with Gasteiger partial charge in [0.2, 0.25) is 0 Å². The number of hydrogen-bond donors (Lipinski definition) is 0. The van der Waals surface area contributed by atoms with Gasteiger partial charge in [-0.2, -0.15) is 11.8 Å². The number of methoxy groups -OCH3 is 2. The van der Waals surface area contributed by atoms with E-state index in [1.54, 1.807) is 14.2 Å². The summed E-state index contributed by atoms with van der Waals surface area (Å²) in [6.07, 6.45) is 16.2. The Kier molecular flexibility index (Phi) is 15.6. The highest BCUT2D eigenvalue weighted by Gasteiger charge is 2.58. The number of piperidine rings is 1. The van der Waals surface area contributed by atoms with Crippen molar-refractivity contribution in [3.8, 4) is 45.3 Å². The van der Waals surface area contributed by atoms with Gasteiger partial charge in [-0.1, -0.05) is 173 Å². The molecule has 0 amide bonds. The van der Waals surface area contributed by atoms with Crippen molar-refractivity contribution in [1.82, 2.24) is 4.90 Å². The standard InChI is InChI=1S/C46H48N2O2S.C45H47NO2/c1-43(2)29-45(30-44(3,4)47(43)5)39-15-11-10-14-36(39)40-35-21-20-34(49-6)28-38(35)42-37(41(40)45)22-23-46(50-42,31-12-8-7-9-13-31)32-16-18-33(19-17-32)48-24-26-51-27-25-48;1-42(2)25-26-43(3,4)29-44(28-42)38-16-12-11-15-35(38)39-34-22-21-33(47-7)27-37(34)41-36(40(39)44)23-24-45(48-41,30-13-9-8-10-14-30)31-17-19-32(20-18-31)46(5)6/h7-23,28H,24-27,29-30H2,1-6H3;8-24,27H,25-26,28-29H2,1-7H3. The van der Waals surface area contributed by atoms with Crippen LogP contribution < -0.4 is 28.7 Å². The molecule has 4 heterocycles. The number of anilines is 2. The Morgan fingerprint density at radius 1 is 0.444 bits per heavy atom. The summed E-state index contributed by atoms with van der Waals surface area (Å²) in [6.45, 7) is 21.8. The number of benzene rings is 10. The summed E-state index contributed by atoms with van der Waals surface area (Å²) < 4.78 is 27.1. The summed E-state index contributed by atoms with van der Waals surface area (Å²) in [5.74, 6) is 5.90. The fraction of sp³-hybridized carbons (Fsp3) is 0.341. The molecule has 8 heteroatoms. The van der Waals surface area contributed by atoms with Gasteiger partial charge in [0.25, 0.3) is 0 Å². The molecule has 504 valence electrons. The second-order valence-electron chi connectivity index (χ2n) is 32.4. The van der Waals surface area contributed by atoms with Gasteiger partial charge in [-0.3, -0.25) is 4.90 Å². The first-order valence-electron chi connectivity index (χ1n) is 35.9. The van der Waals surface area contributed by atoms with E-state index < -0.39 is 11.2 Å². The molecule has 4 aliphatic heterocycles. The second kappa shape index (κ2) is 23.7. The van der Waals surface area contributed by atoms with Crippen molar-refractivity contribution in [1.29, 1.82) is 0 Å². The minimum absolute atomic E-state index is 0.0277. The van der Waals surface area contributed by atoms with Crippen molar-refractivity contribution in [2.75, 3.05) is 69.8 Å². The summed E-state index contributed by atoms with van der Waals surface area (Å²) in [7, 11) is 9.98. The topological polar surface area (TPSA) is 46.6 Å². The molecular weight excluding hydrogens is 1230 g/mol. The quantitative estimate of drug-likeness (QED) is 0.149. The van der Waals surface area contributed by atoms with Crippen molar-refractivity contribution in [2.45, 2.75) is 127 Å². The lowest BCUT2D eigenvalue weighted by atomic mass is 9.59. The van der Waals surface area contributed by atoms with E-state index >= 15 is 0 Å². The maximum Gasteiger partial charge on any atom is 0.178 e. The molecule has 0 radical (unpaired) electrons. The van der Waals surface area contributed by atoms with E-state index in [0.29, 0.717) is 0 Å². The highest BCUT2D eigenvalue weighted by molar-refractivity contribution is 7.99. The number of rotatable bonds is 8. The first-order chi connectivity index (χ1) is 47.5. The van der Waals surface area contributed by atoms with Gasteiger partial charge < -0.3 is 28.7 Å². The number of thioether (sulfide) groups is 1. The van der Waals surface area contributed by atoms with Crippen LogP contribution in [0.3, 0.4) is 0 Å². The third-order valence-corrected chi connectivity index (χ3v) is 25.0. The number of hydrogen-bond acceptors (Lipinski definition) is 8. The Hall–Kier alpha value is -8.69. The van der Waals surface area contributed by atoms with Crippen molar-refractivity contribution in [2.24, 2.45) is 10.8 Å². The first kappa shape index (κ1) is 65.0. The minimum atomic E-state index is -0.807. The van der Waals surface area contributed by atoms with Crippen LogP contribution in [0.5, 0.6) is 23.0 Å². The number of fused-ring (bicyclic) bond motifs is 20. The molecule has 17 rings (SSSR count). The summed E-state index contributed by atoms with van der Waals surface area (Å²) in [6, 6.07) is 71.0. The van der Waals surface area contributed by atoms with Gasteiger partial charge >= 0.3 is 0 Å². The number of likely N-dealkylation sites (tertiary alicyclic amines) is 1. The summed E-state index contributed by atoms with van der Waals surface area (Å²) >= 11 is 2.04. The SMILES string of the molecule is COc1ccc2c3c(c4c(c2c1)OC(c1ccccc1)(c1ccc(N(C)C)cc1)C=C4)C1(CC(C)(C)CCC(C)(C)C1)c1ccccc1-3.COc1ccc2c3c(c4c(c2c1)OC(c1ccccc1)(c1ccc(N2CCSCC2)cc1)C=C4)C1(CC(C)(C)N(C)C(C)(C)C1)c1ccccc1-3. The minimum Gasteiger partial charge on any atom is -0.497 e. The molecule has 99 heavy (non-hydrogen) atoms. The van der Waals surface area contributed by atoms with E-state index in [1.165, 1.54) is 96.4 Å². The predicted octanol–water partition coefficient (Wildman–Crippen LogP) is 21.5. The maximum atomic E-state index is 7.70. The summed E-state index contributed by atoms with van der Waals surface area (Å²) in [5.41, 5.74) is 18.9. The third kappa shape index (κ3) is 10.4. The Bertz CT molecular complexity index is 4830. The lowest BCUT2D eigenvalue weighted by Crippen LogP contribution is -2.62. The van der Waals surface area contributed by atoms with Crippen molar-refractivity contribution in [3.05, 3.63) is 262 Å². The normalized spacial score (nSPS) is 21.9. The average Bonchev–Trinajstić information content (AvgIpc) is 1.70. The van der Waals surface area contributed by atoms with Gasteiger partial charge in [0, 0.05) is 116 Å². The number of ether oxygens (including phenoxy) is 4. The van der Waals surface area contributed by atoms with Crippen LogP contribution >= 0.6 is 11.8 Å². The van der Waals surface area contributed by atoms with Crippen LogP contribution in [0.2, 0.25) is 0 Å². The molecule has 2 atom stereocenters. The summed E-state index contributed by atoms with van der Waals surface area (Å²) in [5, 5.41) is 4.64. The molecule has 2 unspecified atom stereocenters. The van der Waals surface area contributed by atoms with Crippen LogP contribution in [0.1, 0.15) is 150 Å². The van der Waals surface area contributed by atoms with E-state index in [9.17, 15) is 0 Å². The van der Waals surface area contributed by atoms with Gasteiger partial charge in [-0.15, -0.1) is 0 Å². The van der Waals surface area contributed by atoms with Crippen LogP contribution in [0, 0.1) is 10.8 Å². The highest BCUT2D eigenvalue weighted by Crippen LogP contribution is 2.68. The fourth-order valence-corrected chi connectivity index (χ4v) is 20.4. The zero-order valence-corrected chi connectivity index (χ0v) is 61.1. The van der Waals surface area contributed by atoms with E-state index in [-0.39, 0.29) is 32.7 Å². The molecule has 0 bridgehead atoms. The zero-order chi connectivity index (χ0) is 68.7. The van der Waals surface area contributed by atoms with E-state index in [2.05, 4.69) is 310 Å². The smallest absolute Gasteiger partial charge is 0.178 e. The van der Waals surface area contributed by atoms with Crippen LogP contribution in [-0.4, -0.2) is 75.9 Å². The Morgan fingerprint density at radius 2 is 0.848 bits per heavy atom. The molecule has 7 aliphatic rings. The first-order valence-corrected chi connectivity index (χ1v) is 37.1. The molecule has 0 N–H and O–H groups in total. The lowest BCUT2D eigenvalue weighted by molar-refractivity contribution is -0.0318. The van der Waals surface area contributed by atoms with E-state index in [0.717, 1.165) is 100 Å². The molecule has 3 aliphatic carbocycles. The molecule has 0 aromatic heterocycles. The van der Waals surface area contributed by atoms with Crippen molar-refractivity contribution >= 4 is 56.8 Å². The van der Waals surface area contributed by atoms with Gasteiger partial charge in [-0.05, 0) is 212 Å². The van der Waals surface area contributed by atoms with Crippen LogP contribution in [0.4, 0.5) is 11.4 Å². The summed E-state index contributed by atoms with van der Waals surface area (Å²) in [4.78, 5) is 7.25. The Balaban J connectivity index is 0.000000155. The second-order valence-corrected chi connectivity index (χ2v) is 33.7. The van der Waals surface area contributed by atoms with Gasteiger partial charge in [-0.25, -0.2) is 0 Å². The zero-order valence-electron chi connectivity index (χ0n) is 60.2. The average molecular weight is 1330 g/mol. The number of nitrogens with zero attached hydrogens (tertiary/aromatic N) is 3. The van der Waals surface area contributed by atoms with Gasteiger partial charge in [0.1, 0.15) is 23.0 Å². The molecule has 7 nitrogen and oxygen atoms in total. The van der Waals surface area contributed by atoms with E-state index in [4.69, 9.17) is 18.9 Å². The monoisotopic (exact) mass is 1330 g/mol. The predicted molar refractivity (Wildman–Crippen MR) is 415 cm³/mol. The van der Waals surface area contributed by atoms with Gasteiger partial charge in [0.05, 0.1) is 14.2 Å². The molecule has 10 aromatic rings. The van der Waals surface area contributed by atoms with Crippen LogP contribution in [-0.2, 0) is 22.0 Å². The Labute approximate surface area is 591 Å². The molecule has 3 fully saturated rings. The molecular formula is C91H95N3O4S. The maximum absolute atomic E-state index is 7.70. The highest BCUT2D eigenvalue weighted by atomic mass is 32.2. The molecule has 2 spiro atoms. The Morgan fingerprint density at radius 3 is 1.28 bits per heavy atom. The van der Waals surface area contributed by atoms with Crippen LogP contribution in [0.25, 0.3) is 56.0 Å².